The Morgan fingerprint density at radius 1 is 1.54 bits per heavy atom. The van der Waals surface area contributed by atoms with E-state index in [0.29, 0.717) is 11.4 Å². The number of aliphatic hydroxyl groups is 1. The van der Waals surface area contributed by atoms with Crippen LogP contribution in [0.1, 0.15) is 18.7 Å². The van der Waals surface area contributed by atoms with Crippen molar-refractivity contribution in [1.82, 2.24) is 9.61 Å². The van der Waals surface area contributed by atoms with Gasteiger partial charge in [0.25, 0.3) is 0 Å². The third kappa shape index (κ3) is 1.15. The van der Waals surface area contributed by atoms with Crippen LogP contribution in [-0.4, -0.2) is 14.7 Å². The van der Waals surface area contributed by atoms with Crippen LogP contribution < -0.4 is 5.73 Å². The van der Waals surface area contributed by atoms with Crippen molar-refractivity contribution in [3.05, 3.63) is 30.1 Å². The van der Waals surface area contributed by atoms with E-state index in [1.165, 1.54) is 0 Å². The van der Waals surface area contributed by atoms with Crippen molar-refractivity contribution in [3.8, 4) is 0 Å². The molecule has 2 heterocycles. The third-order valence-electron chi connectivity index (χ3n) is 2.00. The third-order valence-corrected chi connectivity index (χ3v) is 2.00. The van der Waals surface area contributed by atoms with E-state index in [1.807, 2.05) is 18.2 Å². The summed E-state index contributed by atoms with van der Waals surface area (Å²) in [6.07, 6.45) is 1.18. The van der Waals surface area contributed by atoms with E-state index < -0.39 is 6.10 Å². The molecule has 0 bridgehead atoms. The molecule has 2 aromatic heterocycles. The van der Waals surface area contributed by atoms with E-state index in [0.717, 1.165) is 5.52 Å². The highest BCUT2D eigenvalue weighted by Crippen LogP contribution is 2.22. The summed E-state index contributed by atoms with van der Waals surface area (Å²) >= 11 is 0. The number of fused-ring (bicyclic) bond motifs is 1. The first-order chi connectivity index (χ1) is 6.20. The number of rotatable bonds is 1. The Bertz CT molecular complexity index is 433. The Morgan fingerprint density at radius 2 is 2.31 bits per heavy atom. The number of pyridine rings is 1. The monoisotopic (exact) mass is 177 g/mol. The average molecular weight is 177 g/mol. The summed E-state index contributed by atoms with van der Waals surface area (Å²) in [5.74, 6) is 0. The molecule has 1 atom stereocenters. The quantitative estimate of drug-likeness (QED) is 0.682. The van der Waals surface area contributed by atoms with Gasteiger partial charge in [-0.25, -0.2) is 4.52 Å². The van der Waals surface area contributed by atoms with E-state index in [2.05, 4.69) is 5.10 Å². The van der Waals surface area contributed by atoms with Crippen LogP contribution in [-0.2, 0) is 0 Å². The molecule has 2 rings (SSSR count). The SMILES string of the molecule is C[C@@H](O)c1nn2ccccc2c1N. The van der Waals surface area contributed by atoms with Gasteiger partial charge < -0.3 is 10.8 Å². The van der Waals surface area contributed by atoms with Gasteiger partial charge in [0.1, 0.15) is 5.69 Å². The number of aliphatic hydroxyl groups excluding tert-OH is 1. The summed E-state index contributed by atoms with van der Waals surface area (Å²) in [7, 11) is 0. The molecule has 0 radical (unpaired) electrons. The maximum absolute atomic E-state index is 9.35. The molecular formula is C9H11N3O. The van der Waals surface area contributed by atoms with Crippen LogP contribution in [0.25, 0.3) is 5.52 Å². The van der Waals surface area contributed by atoms with Gasteiger partial charge in [-0.05, 0) is 19.1 Å². The molecule has 68 valence electrons. The van der Waals surface area contributed by atoms with Gasteiger partial charge in [-0.15, -0.1) is 0 Å². The molecule has 4 nitrogen and oxygen atoms in total. The molecule has 13 heavy (non-hydrogen) atoms. The summed E-state index contributed by atoms with van der Waals surface area (Å²) in [4.78, 5) is 0. The van der Waals surface area contributed by atoms with Gasteiger partial charge in [-0.3, -0.25) is 0 Å². The Balaban J connectivity index is 2.74. The van der Waals surface area contributed by atoms with E-state index in [9.17, 15) is 5.11 Å². The predicted molar refractivity (Wildman–Crippen MR) is 50.2 cm³/mol. The van der Waals surface area contributed by atoms with Gasteiger partial charge in [0.05, 0.1) is 17.3 Å². The maximum Gasteiger partial charge on any atom is 0.115 e. The van der Waals surface area contributed by atoms with E-state index in [1.54, 1.807) is 17.6 Å². The lowest BCUT2D eigenvalue weighted by molar-refractivity contribution is 0.194. The Morgan fingerprint density at radius 3 is 2.92 bits per heavy atom. The first-order valence-corrected chi connectivity index (χ1v) is 4.11. The van der Waals surface area contributed by atoms with Crippen molar-refractivity contribution < 1.29 is 5.11 Å². The molecule has 0 saturated heterocycles. The fourth-order valence-electron chi connectivity index (χ4n) is 1.34. The van der Waals surface area contributed by atoms with Crippen LogP contribution in [0.5, 0.6) is 0 Å². The van der Waals surface area contributed by atoms with Crippen molar-refractivity contribution in [2.75, 3.05) is 5.73 Å². The maximum atomic E-state index is 9.35. The number of nitrogens with two attached hydrogens (primary N) is 1. The average Bonchev–Trinajstić information content (AvgIpc) is 2.45. The van der Waals surface area contributed by atoms with Crippen molar-refractivity contribution in [3.63, 3.8) is 0 Å². The fourth-order valence-corrected chi connectivity index (χ4v) is 1.34. The van der Waals surface area contributed by atoms with Gasteiger partial charge in [0.15, 0.2) is 0 Å². The van der Waals surface area contributed by atoms with Crippen molar-refractivity contribution in [2.45, 2.75) is 13.0 Å². The van der Waals surface area contributed by atoms with E-state index >= 15 is 0 Å². The van der Waals surface area contributed by atoms with Crippen molar-refractivity contribution in [2.24, 2.45) is 0 Å². The first-order valence-electron chi connectivity index (χ1n) is 4.11. The van der Waals surface area contributed by atoms with Crippen LogP contribution in [0.15, 0.2) is 24.4 Å². The Labute approximate surface area is 75.6 Å². The van der Waals surface area contributed by atoms with Gasteiger partial charge in [0.2, 0.25) is 0 Å². The standard InChI is InChI=1S/C9H11N3O/c1-6(13)9-8(10)7-4-2-3-5-12(7)11-9/h2-6,13H,10H2,1H3/t6-/m1/s1. The summed E-state index contributed by atoms with van der Waals surface area (Å²) in [6.45, 7) is 1.65. The molecule has 0 aliphatic rings. The normalized spacial score (nSPS) is 13.4. The molecule has 0 unspecified atom stereocenters. The number of nitrogens with zero attached hydrogens (tertiary/aromatic N) is 2. The zero-order chi connectivity index (χ0) is 9.42. The minimum Gasteiger partial charge on any atom is -0.395 e. The molecule has 0 saturated carbocycles. The lowest BCUT2D eigenvalue weighted by Crippen LogP contribution is -1.96. The number of hydrogen-bond donors (Lipinski definition) is 2. The first kappa shape index (κ1) is 8.07. The van der Waals surface area contributed by atoms with Crippen molar-refractivity contribution in [1.29, 1.82) is 0 Å². The highest BCUT2D eigenvalue weighted by atomic mass is 16.3. The smallest absolute Gasteiger partial charge is 0.115 e. The van der Waals surface area contributed by atoms with Crippen LogP contribution in [0.4, 0.5) is 5.69 Å². The molecule has 0 aliphatic heterocycles. The van der Waals surface area contributed by atoms with Gasteiger partial charge in [-0.2, -0.15) is 5.10 Å². The molecule has 0 fully saturated rings. The van der Waals surface area contributed by atoms with E-state index in [4.69, 9.17) is 5.73 Å². The second-order valence-electron chi connectivity index (χ2n) is 3.01. The van der Waals surface area contributed by atoms with Gasteiger partial charge >= 0.3 is 0 Å². The molecule has 0 amide bonds. The van der Waals surface area contributed by atoms with Crippen LogP contribution >= 0.6 is 0 Å². The zero-order valence-electron chi connectivity index (χ0n) is 7.31. The van der Waals surface area contributed by atoms with Crippen LogP contribution in [0.2, 0.25) is 0 Å². The summed E-state index contributed by atoms with van der Waals surface area (Å²) < 4.78 is 1.66. The summed E-state index contributed by atoms with van der Waals surface area (Å²) in [5, 5.41) is 13.5. The number of anilines is 1. The molecular weight excluding hydrogens is 166 g/mol. The molecule has 2 aromatic rings. The van der Waals surface area contributed by atoms with Gasteiger partial charge in [0, 0.05) is 6.20 Å². The Hall–Kier alpha value is -1.55. The lowest BCUT2D eigenvalue weighted by Gasteiger charge is -1.98. The summed E-state index contributed by atoms with van der Waals surface area (Å²) in [6, 6.07) is 5.62. The van der Waals surface area contributed by atoms with Crippen LogP contribution in [0.3, 0.4) is 0 Å². The van der Waals surface area contributed by atoms with Crippen LogP contribution in [0, 0.1) is 0 Å². The molecule has 0 aromatic carbocycles. The number of aromatic nitrogens is 2. The molecule has 0 spiro atoms. The summed E-state index contributed by atoms with van der Waals surface area (Å²) in [5.41, 5.74) is 7.71. The fraction of sp³-hybridized carbons (Fsp3) is 0.222. The minimum absolute atomic E-state index is 0.534. The number of nitrogen functional groups attached to an aromatic ring is 1. The minimum atomic E-state index is -0.625. The zero-order valence-corrected chi connectivity index (χ0v) is 7.31. The largest absolute Gasteiger partial charge is 0.395 e. The molecule has 0 aliphatic carbocycles. The predicted octanol–water partition coefficient (Wildman–Crippen LogP) is 0.970. The highest BCUT2D eigenvalue weighted by Gasteiger charge is 2.12. The van der Waals surface area contributed by atoms with Crippen molar-refractivity contribution >= 4 is 11.2 Å². The second kappa shape index (κ2) is 2.74. The van der Waals surface area contributed by atoms with E-state index in [-0.39, 0.29) is 0 Å². The Kier molecular flexibility index (Phi) is 1.70. The second-order valence-corrected chi connectivity index (χ2v) is 3.01. The molecule has 4 heteroatoms. The topological polar surface area (TPSA) is 63.5 Å². The molecule has 3 N–H and O–H groups in total. The highest BCUT2D eigenvalue weighted by molar-refractivity contribution is 5.72. The number of hydrogen-bond acceptors (Lipinski definition) is 3. The lowest BCUT2D eigenvalue weighted by atomic mass is 10.2. The van der Waals surface area contributed by atoms with Gasteiger partial charge in [-0.1, -0.05) is 6.07 Å².